The lowest BCUT2D eigenvalue weighted by Gasteiger charge is -2.18. The lowest BCUT2D eigenvalue weighted by molar-refractivity contribution is 0.215. The molecule has 1 aliphatic heterocycles. The molecule has 1 unspecified atom stereocenters. The summed E-state index contributed by atoms with van der Waals surface area (Å²) in [6.07, 6.45) is 5.88. The smallest absolute Gasteiger partial charge is 0.178 e. The van der Waals surface area contributed by atoms with Crippen LogP contribution in [0, 0.1) is 0 Å². The van der Waals surface area contributed by atoms with E-state index >= 15 is 0 Å². The third kappa shape index (κ3) is 4.25. The topological polar surface area (TPSA) is 62.5 Å². The minimum atomic E-state index is -3.30. The SMILES string of the molecule is CN1CCCC1Cc1cn(CO)c2ccc(CCS(=O)(=O)c3ccccc3)cc12. The van der Waals surface area contributed by atoms with Crippen LogP contribution >= 0.6 is 0 Å². The van der Waals surface area contributed by atoms with Crippen LogP contribution in [0.4, 0.5) is 0 Å². The third-order valence-electron chi connectivity index (χ3n) is 6.07. The molecule has 1 aliphatic rings. The monoisotopic (exact) mass is 412 g/mol. The molecule has 0 aliphatic carbocycles. The molecule has 0 spiro atoms. The summed E-state index contributed by atoms with van der Waals surface area (Å²) in [6.45, 7) is 1.07. The number of hydrogen-bond acceptors (Lipinski definition) is 4. The van der Waals surface area contributed by atoms with Gasteiger partial charge in [0.1, 0.15) is 6.73 Å². The van der Waals surface area contributed by atoms with Gasteiger partial charge in [-0.3, -0.25) is 0 Å². The molecule has 2 aromatic carbocycles. The number of sulfone groups is 1. The highest BCUT2D eigenvalue weighted by atomic mass is 32.2. The van der Waals surface area contributed by atoms with Gasteiger partial charge in [-0.1, -0.05) is 24.3 Å². The predicted octanol–water partition coefficient (Wildman–Crippen LogP) is 3.24. The van der Waals surface area contributed by atoms with E-state index < -0.39 is 9.84 Å². The van der Waals surface area contributed by atoms with E-state index in [1.165, 1.54) is 18.4 Å². The van der Waals surface area contributed by atoms with E-state index in [0.717, 1.165) is 29.4 Å². The highest BCUT2D eigenvalue weighted by Gasteiger charge is 2.23. The van der Waals surface area contributed by atoms with Crippen LogP contribution in [0.2, 0.25) is 0 Å². The van der Waals surface area contributed by atoms with Gasteiger partial charge >= 0.3 is 0 Å². The van der Waals surface area contributed by atoms with Crippen molar-refractivity contribution in [1.29, 1.82) is 0 Å². The Labute approximate surface area is 172 Å². The van der Waals surface area contributed by atoms with Crippen molar-refractivity contribution in [2.45, 2.75) is 43.4 Å². The second-order valence-corrected chi connectivity index (χ2v) is 10.1. The van der Waals surface area contributed by atoms with Gasteiger partial charge in [0.2, 0.25) is 0 Å². The first-order valence-corrected chi connectivity index (χ1v) is 11.8. The normalized spacial score (nSPS) is 17.9. The number of aromatic nitrogens is 1. The van der Waals surface area contributed by atoms with Gasteiger partial charge in [0.05, 0.1) is 16.2 Å². The summed E-state index contributed by atoms with van der Waals surface area (Å²) in [4.78, 5) is 2.77. The molecule has 4 rings (SSSR count). The first kappa shape index (κ1) is 20.1. The zero-order valence-electron chi connectivity index (χ0n) is 16.8. The van der Waals surface area contributed by atoms with Crippen molar-refractivity contribution in [3.63, 3.8) is 0 Å². The molecule has 2 heterocycles. The molecule has 5 nitrogen and oxygen atoms in total. The predicted molar refractivity (Wildman–Crippen MR) is 116 cm³/mol. The van der Waals surface area contributed by atoms with E-state index in [2.05, 4.69) is 18.0 Å². The van der Waals surface area contributed by atoms with Gasteiger partial charge in [-0.25, -0.2) is 8.42 Å². The van der Waals surface area contributed by atoms with Crippen LogP contribution in [0.3, 0.4) is 0 Å². The van der Waals surface area contributed by atoms with E-state index in [4.69, 9.17) is 0 Å². The first-order valence-electron chi connectivity index (χ1n) is 10.2. The van der Waals surface area contributed by atoms with E-state index in [9.17, 15) is 13.5 Å². The number of hydrogen-bond donors (Lipinski definition) is 1. The minimum absolute atomic E-state index is 0.0568. The van der Waals surface area contributed by atoms with Crippen molar-refractivity contribution >= 4 is 20.7 Å². The molecule has 0 bridgehead atoms. The molecule has 3 aromatic rings. The molecular weight excluding hydrogens is 384 g/mol. The van der Waals surface area contributed by atoms with Crippen LogP contribution in [-0.4, -0.2) is 48.4 Å². The maximum Gasteiger partial charge on any atom is 0.178 e. The second kappa shape index (κ2) is 8.30. The van der Waals surface area contributed by atoms with Crippen molar-refractivity contribution in [3.05, 3.63) is 65.9 Å². The van der Waals surface area contributed by atoms with E-state index in [1.807, 2.05) is 29.0 Å². The Balaban J connectivity index is 1.58. The Morgan fingerprint density at radius 3 is 2.62 bits per heavy atom. The first-order chi connectivity index (χ1) is 14.0. The number of nitrogens with zero attached hydrogens (tertiary/aromatic N) is 2. The highest BCUT2D eigenvalue weighted by molar-refractivity contribution is 7.91. The average Bonchev–Trinajstić information content (AvgIpc) is 3.30. The van der Waals surface area contributed by atoms with Gasteiger partial charge in [0, 0.05) is 17.6 Å². The number of aliphatic hydroxyl groups is 1. The van der Waals surface area contributed by atoms with Crippen LogP contribution in [0.15, 0.2) is 59.6 Å². The molecule has 154 valence electrons. The van der Waals surface area contributed by atoms with Gasteiger partial charge in [-0.15, -0.1) is 0 Å². The molecule has 0 radical (unpaired) electrons. The van der Waals surface area contributed by atoms with E-state index in [1.54, 1.807) is 24.3 Å². The molecule has 1 N–H and O–H groups in total. The fourth-order valence-electron chi connectivity index (χ4n) is 4.34. The zero-order valence-corrected chi connectivity index (χ0v) is 17.6. The number of rotatable bonds is 7. The molecule has 29 heavy (non-hydrogen) atoms. The second-order valence-electron chi connectivity index (χ2n) is 7.98. The number of aliphatic hydroxyl groups excluding tert-OH is 1. The molecule has 1 atom stereocenters. The number of benzene rings is 2. The third-order valence-corrected chi connectivity index (χ3v) is 7.80. The Kier molecular flexibility index (Phi) is 5.76. The maximum atomic E-state index is 12.6. The Hall–Kier alpha value is -2.15. The number of likely N-dealkylation sites (tertiary alicyclic amines) is 1. The van der Waals surface area contributed by atoms with Crippen LogP contribution in [0.1, 0.15) is 24.0 Å². The van der Waals surface area contributed by atoms with Crippen molar-refractivity contribution in [1.82, 2.24) is 9.47 Å². The summed E-state index contributed by atoms with van der Waals surface area (Å²) in [5.41, 5.74) is 3.23. The largest absolute Gasteiger partial charge is 0.376 e. The lowest BCUT2D eigenvalue weighted by atomic mass is 10.0. The number of aryl methyl sites for hydroxylation is 1. The van der Waals surface area contributed by atoms with Crippen LogP contribution in [0.5, 0.6) is 0 Å². The van der Waals surface area contributed by atoms with Gasteiger partial charge in [0.25, 0.3) is 0 Å². The van der Waals surface area contributed by atoms with Crippen molar-refractivity contribution in [2.24, 2.45) is 0 Å². The van der Waals surface area contributed by atoms with E-state index in [-0.39, 0.29) is 12.5 Å². The quantitative estimate of drug-likeness (QED) is 0.647. The van der Waals surface area contributed by atoms with Crippen LogP contribution in [0.25, 0.3) is 10.9 Å². The van der Waals surface area contributed by atoms with Gasteiger partial charge in [0.15, 0.2) is 9.84 Å². The Morgan fingerprint density at radius 2 is 1.93 bits per heavy atom. The summed E-state index contributed by atoms with van der Waals surface area (Å²) in [6, 6.07) is 15.2. The summed E-state index contributed by atoms with van der Waals surface area (Å²) in [5, 5.41) is 10.9. The zero-order chi connectivity index (χ0) is 20.4. The molecule has 1 aromatic heterocycles. The molecule has 0 amide bonds. The number of fused-ring (bicyclic) bond motifs is 1. The molecule has 6 heteroatoms. The summed E-state index contributed by atoms with van der Waals surface area (Å²) in [7, 11) is -1.13. The maximum absolute atomic E-state index is 12.6. The standard InChI is InChI=1S/C23H28N2O3S/c1-24-12-5-6-20(24)15-19-16-25(17-26)23-10-9-18(14-22(19)23)11-13-29(27,28)21-7-3-2-4-8-21/h2-4,7-10,14,16,20,26H,5-6,11-13,15,17H2,1H3. The van der Waals surface area contributed by atoms with Gasteiger partial charge in [-0.05, 0) is 74.7 Å². The van der Waals surface area contributed by atoms with Crippen molar-refractivity contribution < 1.29 is 13.5 Å². The number of likely N-dealkylation sites (N-methyl/N-ethyl adjacent to an activating group) is 1. The summed E-state index contributed by atoms with van der Waals surface area (Å²) in [5.74, 6) is 0.0872. The fourth-order valence-corrected chi connectivity index (χ4v) is 5.65. The van der Waals surface area contributed by atoms with Crippen molar-refractivity contribution in [2.75, 3.05) is 19.3 Å². The van der Waals surface area contributed by atoms with Gasteiger partial charge in [-0.2, -0.15) is 0 Å². The van der Waals surface area contributed by atoms with Crippen LogP contribution < -0.4 is 0 Å². The lowest BCUT2D eigenvalue weighted by Crippen LogP contribution is -2.26. The van der Waals surface area contributed by atoms with E-state index in [0.29, 0.717) is 17.4 Å². The summed E-state index contributed by atoms with van der Waals surface area (Å²) >= 11 is 0. The van der Waals surface area contributed by atoms with Gasteiger partial charge < -0.3 is 14.6 Å². The Morgan fingerprint density at radius 1 is 1.14 bits per heavy atom. The molecule has 0 saturated carbocycles. The average molecular weight is 413 g/mol. The highest BCUT2D eigenvalue weighted by Crippen LogP contribution is 2.28. The minimum Gasteiger partial charge on any atom is -0.376 e. The van der Waals surface area contributed by atoms with Crippen molar-refractivity contribution in [3.8, 4) is 0 Å². The fraction of sp³-hybridized carbons (Fsp3) is 0.391. The molecular formula is C23H28N2O3S. The molecule has 1 saturated heterocycles. The Bertz CT molecular complexity index is 1090. The molecule has 1 fully saturated rings. The van der Waals surface area contributed by atoms with Crippen LogP contribution in [-0.2, 0) is 29.4 Å². The summed E-state index contributed by atoms with van der Waals surface area (Å²) < 4.78 is 27.1.